The summed E-state index contributed by atoms with van der Waals surface area (Å²) in [6.07, 6.45) is 9.70. The molecule has 0 amide bonds. The van der Waals surface area contributed by atoms with Gasteiger partial charge in [-0.1, -0.05) is 25.5 Å². The van der Waals surface area contributed by atoms with E-state index < -0.39 is 0 Å². The van der Waals surface area contributed by atoms with Gasteiger partial charge < -0.3 is 9.47 Å². The Morgan fingerprint density at radius 1 is 1.18 bits per heavy atom. The smallest absolute Gasteiger partial charge is 0.188 e. The fourth-order valence-corrected chi connectivity index (χ4v) is 5.84. The molecule has 0 aromatic heterocycles. The van der Waals surface area contributed by atoms with Crippen LogP contribution in [0.4, 0.5) is 0 Å². The van der Waals surface area contributed by atoms with Crippen molar-refractivity contribution >= 4 is 0 Å². The van der Waals surface area contributed by atoms with E-state index in [9.17, 15) is 0 Å². The zero-order chi connectivity index (χ0) is 15.2. The number of ether oxygens (including phenoxy) is 2. The Bertz CT molecular complexity index is 553. The molecule has 0 saturated heterocycles. The molecule has 0 bridgehead atoms. The van der Waals surface area contributed by atoms with E-state index in [1.165, 1.54) is 56.1 Å². The van der Waals surface area contributed by atoms with Crippen molar-refractivity contribution < 1.29 is 9.47 Å². The normalized spacial score (nSPS) is 36.4. The first-order valence-corrected chi connectivity index (χ1v) is 8.96. The van der Waals surface area contributed by atoms with Crippen LogP contribution in [0.2, 0.25) is 0 Å². The quantitative estimate of drug-likeness (QED) is 0.738. The fraction of sp³-hybridized carbons (Fsp3) is 0.700. The number of hydrogen-bond acceptors (Lipinski definition) is 2. The number of rotatable bonds is 3. The summed E-state index contributed by atoms with van der Waals surface area (Å²) in [4.78, 5) is 0. The van der Waals surface area contributed by atoms with Crippen LogP contribution in [0.15, 0.2) is 18.2 Å². The van der Waals surface area contributed by atoms with Gasteiger partial charge in [-0.3, -0.25) is 0 Å². The van der Waals surface area contributed by atoms with E-state index >= 15 is 0 Å². The third kappa shape index (κ3) is 2.19. The van der Waals surface area contributed by atoms with E-state index in [1.807, 2.05) is 0 Å². The number of benzene rings is 1. The molecular formula is C20H28O2. The van der Waals surface area contributed by atoms with Crippen molar-refractivity contribution in [2.24, 2.45) is 17.3 Å². The molecule has 4 unspecified atom stereocenters. The lowest BCUT2D eigenvalue weighted by Crippen LogP contribution is -2.39. The molecular weight excluding hydrogens is 272 g/mol. The average molecular weight is 300 g/mol. The summed E-state index contributed by atoms with van der Waals surface area (Å²) in [7, 11) is 1.70. The fourth-order valence-electron chi connectivity index (χ4n) is 5.84. The summed E-state index contributed by atoms with van der Waals surface area (Å²) in [6, 6.07) is 6.60. The summed E-state index contributed by atoms with van der Waals surface area (Å²) in [5.41, 5.74) is 3.67. The van der Waals surface area contributed by atoms with E-state index in [4.69, 9.17) is 9.47 Å². The van der Waals surface area contributed by atoms with Gasteiger partial charge in [-0.05, 0) is 73.3 Å². The Morgan fingerprint density at radius 3 is 2.95 bits per heavy atom. The number of aryl methyl sites for hydroxylation is 1. The van der Waals surface area contributed by atoms with Crippen LogP contribution in [0, 0.1) is 17.3 Å². The molecule has 4 rings (SSSR count). The molecule has 0 radical (unpaired) electrons. The summed E-state index contributed by atoms with van der Waals surface area (Å²) < 4.78 is 11.1. The van der Waals surface area contributed by atoms with Crippen LogP contribution in [0.25, 0.3) is 0 Å². The van der Waals surface area contributed by atoms with Crippen LogP contribution in [-0.2, 0) is 11.2 Å². The Morgan fingerprint density at radius 2 is 2.09 bits per heavy atom. The summed E-state index contributed by atoms with van der Waals surface area (Å²) >= 11 is 0. The number of hydrogen-bond donors (Lipinski definition) is 0. The molecule has 0 aliphatic heterocycles. The lowest BCUT2D eigenvalue weighted by molar-refractivity contribution is 0.0415. The van der Waals surface area contributed by atoms with Gasteiger partial charge in [-0.15, -0.1) is 0 Å². The van der Waals surface area contributed by atoms with Gasteiger partial charge in [0.25, 0.3) is 0 Å². The second-order valence-electron chi connectivity index (χ2n) is 7.88. The lowest BCUT2D eigenvalue weighted by Gasteiger charge is -2.49. The highest BCUT2D eigenvalue weighted by Crippen LogP contribution is 2.61. The molecule has 0 heterocycles. The highest BCUT2D eigenvalue weighted by molar-refractivity contribution is 5.45. The van der Waals surface area contributed by atoms with E-state index in [-0.39, 0.29) is 0 Å². The Kier molecular flexibility index (Phi) is 3.68. The molecule has 2 heteroatoms. The molecule has 2 saturated carbocycles. The largest absolute Gasteiger partial charge is 0.467 e. The molecule has 3 aliphatic carbocycles. The molecule has 0 spiro atoms. The van der Waals surface area contributed by atoms with Gasteiger partial charge in [0, 0.05) is 12.7 Å². The van der Waals surface area contributed by atoms with E-state index in [2.05, 4.69) is 25.1 Å². The molecule has 120 valence electrons. The van der Waals surface area contributed by atoms with Gasteiger partial charge in [0.15, 0.2) is 6.79 Å². The van der Waals surface area contributed by atoms with E-state index in [0.29, 0.717) is 18.1 Å². The molecule has 1 aromatic carbocycles. The van der Waals surface area contributed by atoms with Crippen molar-refractivity contribution in [3.63, 3.8) is 0 Å². The van der Waals surface area contributed by atoms with Gasteiger partial charge >= 0.3 is 0 Å². The van der Waals surface area contributed by atoms with Crippen LogP contribution >= 0.6 is 0 Å². The third-order valence-electron chi connectivity index (χ3n) is 6.82. The molecule has 3 aliphatic rings. The van der Waals surface area contributed by atoms with Crippen molar-refractivity contribution in [2.75, 3.05) is 13.9 Å². The molecule has 2 nitrogen and oxygen atoms in total. The minimum absolute atomic E-state index is 0.356. The van der Waals surface area contributed by atoms with Crippen molar-refractivity contribution in [1.29, 1.82) is 0 Å². The highest BCUT2D eigenvalue weighted by Gasteiger charge is 2.50. The average Bonchev–Trinajstić information content (AvgIpc) is 2.94. The van der Waals surface area contributed by atoms with Crippen LogP contribution in [0.3, 0.4) is 0 Å². The Labute approximate surface area is 134 Å². The van der Waals surface area contributed by atoms with Gasteiger partial charge in [0.05, 0.1) is 0 Å². The Balaban J connectivity index is 1.69. The minimum atomic E-state index is 0.356. The summed E-state index contributed by atoms with van der Waals surface area (Å²) in [5.74, 6) is 3.61. The van der Waals surface area contributed by atoms with Crippen LogP contribution < -0.4 is 4.74 Å². The van der Waals surface area contributed by atoms with E-state index in [0.717, 1.165) is 17.6 Å². The molecule has 2 fully saturated rings. The molecule has 1 aromatic rings. The second kappa shape index (κ2) is 5.56. The van der Waals surface area contributed by atoms with E-state index in [1.54, 1.807) is 7.11 Å². The zero-order valence-electron chi connectivity index (χ0n) is 13.9. The van der Waals surface area contributed by atoms with Gasteiger partial charge in [-0.25, -0.2) is 0 Å². The standard InChI is InChI=1S/C20H28O2/c1-20-11-4-6-17(20)15-9-8-14-5-3-7-18(22-13-21-2)19(14)16(15)10-12-20/h3,5,7,15-17H,4,6,8-13H2,1-2H3. The van der Waals surface area contributed by atoms with Crippen LogP contribution in [0.1, 0.15) is 62.5 Å². The number of methoxy groups -OCH3 is 1. The first-order chi connectivity index (χ1) is 10.7. The van der Waals surface area contributed by atoms with Crippen molar-refractivity contribution in [1.82, 2.24) is 0 Å². The maximum Gasteiger partial charge on any atom is 0.188 e. The predicted octanol–water partition coefficient (Wildman–Crippen LogP) is 4.92. The molecule has 4 atom stereocenters. The summed E-state index contributed by atoms with van der Waals surface area (Å²) in [6.45, 7) is 2.92. The topological polar surface area (TPSA) is 18.5 Å². The van der Waals surface area contributed by atoms with Crippen LogP contribution in [-0.4, -0.2) is 13.9 Å². The first-order valence-electron chi connectivity index (χ1n) is 8.96. The monoisotopic (exact) mass is 300 g/mol. The molecule has 22 heavy (non-hydrogen) atoms. The second-order valence-corrected chi connectivity index (χ2v) is 7.88. The zero-order valence-corrected chi connectivity index (χ0v) is 13.9. The summed E-state index contributed by atoms with van der Waals surface area (Å²) in [5, 5.41) is 0. The first kappa shape index (κ1) is 14.6. The highest BCUT2D eigenvalue weighted by atomic mass is 16.7. The lowest BCUT2D eigenvalue weighted by atomic mass is 9.56. The number of fused-ring (bicyclic) bond motifs is 5. The maximum absolute atomic E-state index is 5.92. The van der Waals surface area contributed by atoms with Gasteiger partial charge in [0.2, 0.25) is 0 Å². The van der Waals surface area contributed by atoms with Gasteiger partial charge in [0.1, 0.15) is 5.75 Å². The Hall–Kier alpha value is -1.02. The van der Waals surface area contributed by atoms with Crippen molar-refractivity contribution in [2.45, 2.75) is 57.8 Å². The predicted molar refractivity (Wildman–Crippen MR) is 88.2 cm³/mol. The SMILES string of the molecule is COCOc1cccc2c1C1CCC3(C)CCCC3C1CC2. The third-order valence-corrected chi connectivity index (χ3v) is 6.82. The van der Waals surface area contributed by atoms with Gasteiger partial charge in [-0.2, -0.15) is 0 Å². The maximum atomic E-state index is 5.92. The van der Waals surface area contributed by atoms with Crippen molar-refractivity contribution in [3.8, 4) is 5.75 Å². The van der Waals surface area contributed by atoms with Crippen molar-refractivity contribution in [3.05, 3.63) is 29.3 Å². The van der Waals surface area contributed by atoms with Crippen LogP contribution in [0.5, 0.6) is 5.75 Å². The molecule has 0 N–H and O–H groups in total. The minimum Gasteiger partial charge on any atom is -0.467 e.